The van der Waals surface area contributed by atoms with Gasteiger partial charge in [-0.3, -0.25) is 0 Å². The largest absolute Gasteiger partial charge is 2.00 e. The topological polar surface area (TPSA) is 161 Å². The van der Waals surface area contributed by atoms with Crippen LogP contribution < -0.4 is 20.4 Å². The summed E-state index contributed by atoms with van der Waals surface area (Å²) in [6, 6.07) is 0. The first-order chi connectivity index (χ1) is 5.66. The number of hydrogen-bond acceptors (Lipinski definition) is 8. The molecule has 0 heterocycles. The van der Waals surface area contributed by atoms with Gasteiger partial charge in [0.25, 0.3) is 0 Å². The monoisotopic (exact) mass is 297 g/mol. The average Bonchev–Trinajstić information content (AvgIpc) is 1.92. The molecule has 0 aliphatic heterocycles. The van der Waals surface area contributed by atoms with Gasteiger partial charge in [-0.25, -0.2) is 0 Å². The zero-order valence-electron chi connectivity index (χ0n) is 6.22. The van der Waals surface area contributed by atoms with E-state index in [4.69, 9.17) is 39.6 Å². The Labute approximate surface area is 99.0 Å². The zero-order chi connectivity index (χ0) is 10.8. The molecule has 0 N–H and O–H groups in total. The van der Waals surface area contributed by atoms with E-state index in [1.54, 1.807) is 0 Å². The van der Waals surface area contributed by atoms with Crippen LogP contribution in [0, 0.1) is 0 Å². The minimum Gasteiger partial charge on any atom is -0.554 e. The molecule has 8 nitrogen and oxygen atoms in total. The summed E-state index contributed by atoms with van der Waals surface area (Å²) in [6.07, 6.45) is 0. The predicted molar refractivity (Wildman–Crippen MR) is 24.3 cm³/mol. The fourth-order valence-corrected chi connectivity index (χ4v) is 0. The third-order valence-electron chi connectivity index (χ3n) is 0. The summed E-state index contributed by atoms with van der Waals surface area (Å²) in [6.45, 7) is -2.00. The summed E-state index contributed by atoms with van der Waals surface area (Å²) in [5.74, 6) is 0. The van der Waals surface area contributed by atoms with E-state index < -0.39 is 25.9 Å². The number of rotatable bonds is 0. The molecule has 0 aliphatic carbocycles. The Hall–Kier alpha value is -1.12. The maximum absolute atomic E-state index is 8.25. The first-order valence-electron chi connectivity index (χ1n) is 1.89. The van der Waals surface area contributed by atoms with Crippen LogP contribution in [-0.4, -0.2) is 25.9 Å². The van der Waals surface area contributed by atoms with E-state index in [2.05, 4.69) is 0 Å². The van der Waals surface area contributed by atoms with Crippen LogP contribution in [0.4, 0.5) is 0 Å². The molecule has 0 rings (SSSR count). The molecule has 0 atom stereocenters. The molecule has 1 radical (unpaired) electrons. The molecule has 0 spiro atoms. The van der Waals surface area contributed by atoms with Crippen molar-refractivity contribution in [3.63, 3.8) is 0 Å². The minimum atomic E-state index is -0.500. The normalized spacial score (nSPS) is 3.43. The fraction of sp³-hybridized carbons (Fsp3) is 0. The maximum Gasteiger partial charge on any atom is 2.00 e. The average molecular weight is 298 g/mol. The first-order valence-corrected chi connectivity index (χ1v) is 1.89. The van der Waals surface area contributed by atoms with Gasteiger partial charge in [-0.05, 0) is 0 Å². The van der Waals surface area contributed by atoms with Crippen molar-refractivity contribution in [3.8, 4) is 0 Å². The van der Waals surface area contributed by atoms with Crippen molar-refractivity contribution < 1.29 is 72.9 Å². The number of hydrogen-bond donors (Lipinski definition) is 0. The van der Waals surface area contributed by atoms with Crippen molar-refractivity contribution in [1.29, 1.82) is 0 Å². The SMILES string of the molecule is O=C[O-].O=C[O-].O=C[O-].O=C[O-].[Co+2].[Ni+2]. The molecule has 14 heavy (non-hydrogen) atoms. The molecule has 0 aromatic heterocycles. The summed E-state index contributed by atoms with van der Waals surface area (Å²) in [7, 11) is 0. The van der Waals surface area contributed by atoms with Crippen LogP contribution in [0.3, 0.4) is 0 Å². The molecular formula is C4H4CoNiO8. The van der Waals surface area contributed by atoms with Gasteiger partial charge in [0.15, 0.2) is 0 Å². The second-order valence-corrected chi connectivity index (χ2v) is 0.385. The van der Waals surface area contributed by atoms with E-state index in [-0.39, 0.29) is 33.3 Å². The summed E-state index contributed by atoms with van der Waals surface area (Å²) >= 11 is 0. The number of carboxylic acid groups (broad SMARTS) is 4. The molecule has 0 saturated heterocycles. The molecule has 10 heteroatoms. The van der Waals surface area contributed by atoms with Gasteiger partial charge in [0.2, 0.25) is 0 Å². The van der Waals surface area contributed by atoms with Crippen LogP contribution in [0.15, 0.2) is 0 Å². The molecule has 0 fully saturated rings. The summed E-state index contributed by atoms with van der Waals surface area (Å²) in [5, 5.41) is 33.0. The molecule has 0 aromatic carbocycles. The van der Waals surface area contributed by atoms with E-state index in [9.17, 15) is 0 Å². The van der Waals surface area contributed by atoms with Crippen LogP contribution >= 0.6 is 0 Å². The Bertz CT molecular complexity index is 75.3. The summed E-state index contributed by atoms with van der Waals surface area (Å²) < 4.78 is 0. The van der Waals surface area contributed by atoms with Crippen molar-refractivity contribution >= 4 is 25.9 Å². The standard InChI is InChI=1S/4CH2O2.Co.Ni/c4*2-1-3;;/h4*1H,(H,2,3);;/q;;;;2*+2/p-4. The van der Waals surface area contributed by atoms with Crippen LogP contribution in [0.1, 0.15) is 0 Å². The van der Waals surface area contributed by atoms with E-state index in [0.29, 0.717) is 0 Å². The Morgan fingerprint density at radius 1 is 0.571 bits per heavy atom. The van der Waals surface area contributed by atoms with Gasteiger partial charge in [0.1, 0.15) is 0 Å². The first kappa shape index (κ1) is 38.4. The molecule has 0 aliphatic rings. The van der Waals surface area contributed by atoms with Gasteiger partial charge in [0.05, 0.1) is 0 Å². The number of carbonyl (C=O) groups excluding carboxylic acids is 4. The minimum absolute atomic E-state index is 0. The fourth-order valence-electron chi connectivity index (χ4n) is 0. The van der Waals surface area contributed by atoms with Gasteiger partial charge in [-0.15, -0.1) is 0 Å². The van der Waals surface area contributed by atoms with Crippen molar-refractivity contribution in [1.82, 2.24) is 0 Å². The Kier molecular flexibility index (Phi) is 465. The van der Waals surface area contributed by atoms with Gasteiger partial charge in [0, 0.05) is 25.9 Å². The van der Waals surface area contributed by atoms with Gasteiger partial charge >= 0.3 is 33.3 Å². The van der Waals surface area contributed by atoms with E-state index >= 15 is 0 Å². The smallest absolute Gasteiger partial charge is 0.554 e. The van der Waals surface area contributed by atoms with Crippen molar-refractivity contribution in [2.75, 3.05) is 0 Å². The van der Waals surface area contributed by atoms with Gasteiger partial charge in [-0.1, -0.05) is 0 Å². The maximum atomic E-state index is 8.25. The van der Waals surface area contributed by atoms with E-state index in [1.165, 1.54) is 0 Å². The van der Waals surface area contributed by atoms with E-state index in [0.717, 1.165) is 0 Å². The number of carbonyl (C=O) groups is 4. The molecule has 0 saturated carbocycles. The second-order valence-electron chi connectivity index (χ2n) is 0.385. The third kappa shape index (κ3) is 847. The predicted octanol–water partition coefficient (Wildman–Crippen LogP) is -6.54. The van der Waals surface area contributed by atoms with Gasteiger partial charge < -0.3 is 39.6 Å². The molecule has 0 aromatic rings. The van der Waals surface area contributed by atoms with Crippen LogP contribution in [0.5, 0.6) is 0 Å². The Balaban J connectivity index is -0.0000000145. The molecule has 0 unspecified atom stereocenters. The van der Waals surface area contributed by atoms with Crippen LogP contribution in [0.2, 0.25) is 0 Å². The third-order valence-corrected chi connectivity index (χ3v) is 0. The van der Waals surface area contributed by atoms with Crippen molar-refractivity contribution in [2.24, 2.45) is 0 Å². The Morgan fingerprint density at radius 3 is 0.571 bits per heavy atom. The Morgan fingerprint density at radius 2 is 0.571 bits per heavy atom. The van der Waals surface area contributed by atoms with Crippen LogP contribution in [0.25, 0.3) is 0 Å². The molecular weight excluding hydrogens is 294 g/mol. The molecule has 0 bridgehead atoms. The van der Waals surface area contributed by atoms with E-state index in [1.807, 2.05) is 0 Å². The van der Waals surface area contributed by atoms with Crippen molar-refractivity contribution in [2.45, 2.75) is 0 Å². The zero-order valence-corrected chi connectivity index (χ0v) is 8.25. The quantitative estimate of drug-likeness (QED) is 0.315. The van der Waals surface area contributed by atoms with Gasteiger partial charge in [-0.2, -0.15) is 0 Å². The molecule has 0 amide bonds. The summed E-state index contributed by atoms with van der Waals surface area (Å²) in [4.78, 5) is 33.0. The van der Waals surface area contributed by atoms with Crippen LogP contribution in [-0.2, 0) is 52.4 Å². The van der Waals surface area contributed by atoms with Crippen molar-refractivity contribution in [3.05, 3.63) is 0 Å². The summed E-state index contributed by atoms with van der Waals surface area (Å²) in [5.41, 5.74) is 0. The molecule has 87 valence electrons. The second kappa shape index (κ2) is 170.